The Kier molecular flexibility index (Phi) is 5.55. The van der Waals surface area contributed by atoms with E-state index >= 15 is 0 Å². The third kappa shape index (κ3) is 3.89. The second kappa shape index (κ2) is 8.75. The number of thiazole rings is 1. The minimum atomic E-state index is -0.0837. The maximum atomic E-state index is 13.8. The van der Waals surface area contributed by atoms with Crippen molar-refractivity contribution in [1.82, 2.24) is 4.98 Å². The summed E-state index contributed by atoms with van der Waals surface area (Å²) in [6.07, 6.45) is 0. The molecule has 0 N–H and O–H groups in total. The molecule has 9 heteroatoms. The smallest absolute Gasteiger partial charge is 0.274 e. The number of carbonyl (C=O) groups excluding carboxylic acids is 1. The summed E-state index contributed by atoms with van der Waals surface area (Å²) >= 11 is 4.66. The van der Waals surface area contributed by atoms with Crippen LogP contribution in [0.25, 0.3) is 10.2 Å². The number of hydrogen-bond donors (Lipinski definition) is 0. The molecule has 0 radical (unpaired) electrons. The maximum absolute atomic E-state index is 13.8. The fourth-order valence-corrected chi connectivity index (χ4v) is 7.18. The van der Waals surface area contributed by atoms with Gasteiger partial charge in [0.1, 0.15) is 10.7 Å². The molecule has 4 aromatic rings. The summed E-state index contributed by atoms with van der Waals surface area (Å²) in [7, 11) is 3.64. The molecule has 174 valence electrons. The first-order valence-corrected chi connectivity index (χ1v) is 13.3. The zero-order valence-electron chi connectivity index (χ0n) is 19.2. The summed E-state index contributed by atoms with van der Waals surface area (Å²) in [5, 5.41) is 2.53. The van der Waals surface area contributed by atoms with Crippen molar-refractivity contribution in [3.05, 3.63) is 81.7 Å². The van der Waals surface area contributed by atoms with Crippen molar-refractivity contribution < 1.29 is 9.53 Å². The predicted octanol–water partition coefficient (Wildman–Crippen LogP) is 6.79. The number of nitrogens with zero attached hydrogens (tertiary/aromatic N) is 4. The highest BCUT2D eigenvalue weighted by Gasteiger charge is 2.40. The van der Waals surface area contributed by atoms with Gasteiger partial charge in [0.05, 0.1) is 44.4 Å². The van der Waals surface area contributed by atoms with Crippen molar-refractivity contribution in [2.24, 2.45) is 4.99 Å². The molecule has 0 atom stereocenters. The van der Waals surface area contributed by atoms with E-state index in [-0.39, 0.29) is 5.91 Å². The standard InChI is InChI=1S/C26H20N4O2S3/c1-15-27-19-13-16(9-11-21(19)33-15)28-26-30(17-7-5-4-6-8-17)24(31)23(35-26)25-29(2)20-14-18(32-3)10-12-22(20)34-25/h4-14H,1-3H3. The largest absolute Gasteiger partial charge is 0.497 e. The number of rotatable bonds is 3. The molecule has 2 aliphatic rings. The number of aliphatic imine (C=N–C) groups is 1. The van der Waals surface area contributed by atoms with E-state index in [0.29, 0.717) is 10.1 Å². The summed E-state index contributed by atoms with van der Waals surface area (Å²) in [4.78, 5) is 28.8. The summed E-state index contributed by atoms with van der Waals surface area (Å²) in [5.41, 5.74) is 3.50. The summed E-state index contributed by atoms with van der Waals surface area (Å²) in [6.45, 7) is 2.00. The van der Waals surface area contributed by atoms with Crippen molar-refractivity contribution in [1.29, 1.82) is 0 Å². The molecule has 0 spiro atoms. The highest BCUT2D eigenvalue weighted by molar-refractivity contribution is 8.20. The molecule has 1 fully saturated rings. The second-order valence-corrected chi connectivity index (χ2v) is 11.2. The lowest BCUT2D eigenvalue weighted by molar-refractivity contribution is -0.113. The fraction of sp³-hybridized carbons (Fsp3) is 0.115. The molecule has 35 heavy (non-hydrogen) atoms. The lowest BCUT2D eigenvalue weighted by Crippen LogP contribution is -2.29. The second-order valence-electron chi connectivity index (χ2n) is 7.99. The van der Waals surface area contributed by atoms with Gasteiger partial charge in [-0.05, 0) is 61.2 Å². The molecule has 2 aliphatic heterocycles. The predicted molar refractivity (Wildman–Crippen MR) is 147 cm³/mol. The van der Waals surface area contributed by atoms with Gasteiger partial charge < -0.3 is 9.64 Å². The molecule has 3 aromatic carbocycles. The number of benzene rings is 3. The van der Waals surface area contributed by atoms with Crippen LogP contribution in [0.4, 0.5) is 17.1 Å². The van der Waals surface area contributed by atoms with E-state index < -0.39 is 0 Å². The molecule has 3 heterocycles. The van der Waals surface area contributed by atoms with Gasteiger partial charge in [-0.2, -0.15) is 0 Å². The molecule has 6 nitrogen and oxygen atoms in total. The van der Waals surface area contributed by atoms with Gasteiger partial charge >= 0.3 is 0 Å². The summed E-state index contributed by atoms with van der Waals surface area (Å²) < 4.78 is 6.53. The Morgan fingerprint density at radius 2 is 1.83 bits per heavy atom. The number of ether oxygens (including phenoxy) is 1. The Labute approximate surface area is 215 Å². The Balaban J connectivity index is 1.45. The van der Waals surface area contributed by atoms with Gasteiger partial charge in [0, 0.05) is 18.0 Å². The first kappa shape index (κ1) is 22.2. The number of aromatic nitrogens is 1. The van der Waals surface area contributed by atoms with Crippen LogP contribution in [0.1, 0.15) is 5.01 Å². The summed E-state index contributed by atoms with van der Waals surface area (Å²) in [6, 6.07) is 21.6. The maximum Gasteiger partial charge on any atom is 0.274 e. The lowest BCUT2D eigenvalue weighted by atomic mass is 10.2. The zero-order valence-corrected chi connectivity index (χ0v) is 21.6. The average molecular weight is 517 g/mol. The fourth-order valence-electron chi connectivity index (χ4n) is 4.05. The monoisotopic (exact) mass is 516 g/mol. The molecule has 0 saturated carbocycles. The zero-order chi connectivity index (χ0) is 24.1. The number of thioether (sulfide) groups is 2. The van der Waals surface area contributed by atoms with E-state index in [4.69, 9.17) is 9.73 Å². The minimum Gasteiger partial charge on any atom is -0.497 e. The number of amidine groups is 1. The van der Waals surface area contributed by atoms with Crippen LogP contribution in [0.5, 0.6) is 5.75 Å². The van der Waals surface area contributed by atoms with Gasteiger partial charge in [0.25, 0.3) is 5.91 Å². The summed E-state index contributed by atoms with van der Waals surface area (Å²) in [5.74, 6) is 0.702. The van der Waals surface area contributed by atoms with Crippen molar-refractivity contribution in [3.8, 4) is 5.75 Å². The third-order valence-electron chi connectivity index (χ3n) is 5.73. The number of aryl methyl sites for hydroxylation is 1. The first-order chi connectivity index (χ1) is 17.0. The van der Waals surface area contributed by atoms with E-state index in [1.54, 1.807) is 35.1 Å². The van der Waals surface area contributed by atoms with Crippen LogP contribution < -0.4 is 14.5 Å². The molecule has 0 aliphatic carbocycles. The molecule has 1 amide bonds. The first-order valence-electron chi connectivity index (χ1n) is 10.9. The SMILES string of the molecule is COc1ccc2c(c1)N(C)C(=C1SC(=Nc3ccc4sc(C)nc4c3)N(c3ccccc3)C1=O)S2. The Morgan fingerprint density at radius 3 is 2.63 bits per heavy atom. The van der Waals surface area contributed by atoms with Crippen LogP contribution in [0.2, 0.25) is 0 Å². The van der Waals surface area contributed by atoms with Gasteiger partial charge in [-0.1, -0.05) is 30.0 Å². The van der Waals surface area contributed by atoms with Gasteiger partial charge in [-0.25, -0.2) is 9.98 Å². The van der Waals surface area contributed by atoms with Crippen LogP contribution in [-0.4, -0.2) is 30.2 Å². The molecule has 1 aromatic heterocycles. The van der Waals surface area contributed by atoms with E-state index in [1.807, 2.05) is 80.7 Å². The van der Waals surface area contributed by atoms with E-state index in [2.05, 4.69) is 9.88 Å². The minimum absolute atomic E-state index is 0.0837. The van der Waals surface area contributed by atoms with Gasteiger partial charge in [0.2, 0.25) is 0 Å². The number of hydrogen-bond acceptors (Lipinski definition) is 8. The molecule has 1 saturated heterocycles. The number of anilines is 2. The molecular weight excluding hydrogens is 497 g/mol. The number of para-hydroxylation sites is 1. The van der Waals surface area contributed by atoms with Crippen LogP contribution in [-0.2, 0) is 4.79 Å². The lowest BCUT2D eigenvalue weighted by Gasteiger charge is -2.17. The third-order valence-corrected chi connectivity index (χ3v) is 9.08. The topological polar surface area (TPSA) is 58.0 Å². The van der Waals surface area contributed by atoms with E-state index in [0.717, 1.165) is 48.0 Å². The molecular formula is C26H20N4O2S3. The Bertz CT molecular complexity index is 1550. The van der Waals surface area contributed by atoms with Crippen molar-refractivity contribution in [2.45, 2.75) is 11.8 Å². The normalized spacial score (nSPS) is 18.7. The molecule has 0 unspecified atom stereocenters. The van der Waals surface area contributed by atoms with Crippen LogP contribution >= 0.6 is 34.9 Å². The highest BCUT2D eigenvalue weighted by Crippen LogP contribution is 2.51. The quantitative estimate of drug-likeness (QED) is 0.279. The van der Waals surface area contributed by atoms with Crippen LogP contribution in [0, 0.1) is 6.92 Å². The number of fused-ring (bicyclic) bond motifs is 2. The van der Waals surface area contributed by atoms with Gasteiger partial charge in [-0.15, -0.1) is 11.3 Å². The van der Waals surface area contributed by atoms with Crippen LogP contribution in [0.3, 0.4) is 0 Å². The van der Waals surface area contributed by atoms with Crippen molar-refractivity contribution in [3.63, 3.8) is 0 Å². The number of amides is 1. The Morgan fingerprint density at radius 1 is 1.00 bits per heavy atom. The average Bonchev–Trinajstić information content (AvgIpc) is 3.51. The Hall–Kier alpha value is -3.27. The van der Waals surface area contributed by atoms with Gasteiger partial charge in [-0.3, -0.25) is 9.69 Å². The number of carbonyl (C=O) groups is 1. The van der Waals surface area contributed by atoms with Crippen molar-refractivity contribution in [2.75, 3.05) is 24.0 Å². The number of methoxy groups -OCH3 is 1. The van der Waals surface area contributed by atoms with Gasteiger partial charge in [0.15, 0.2) is 5.17 Å². The van der Waals surface area contributed by atoms with E-state index in [9.17, 15) is 4.79 Å². The molecule has 6 rings (SSSR count). The van der Waals surface area contributed by atoms with E-state index in [1.165, 1.54) is 11.8 Å². The van der Waals surface area contributed by atoms with Crippen LogP contribution in [0.15, 0.2) is 86.6 Å². The van der Waals surface area contributed by atoms with Crippen molar-refractivity contribution >= 4 is 73.2 Å². The molecule has 0 bridgehead atoms. The highest BCUT2D eigenvalue weighted by atomic mass is 32.2.